The van der Waals surface area contributed by atoms with Gasteiger partial charge in [0.25, 0.3) is 0 Å². The minimum atomic E-state index is -2.07. The molecule has 27 N–H and O–H groups in total. The fourth-order valence-electron chi connectivity index (χ4n) is 9.15. The Hall–Kier alpha value is -10.3. The summed E-state index contributed by atoms with van der Waals surface area (Å²) in [5.74, 6) is -22.3. The molecule has 0 fully saturated rings. The molecule has 0 radical (unpaired) electrons. The second kappa shape index (κ2) is 45.3. The third-order valence-electron chi connectivity index (χ3n) is 14.9. The maximum Gasteiger partial charge on any atom is 0.325 e. The number of hydrogen-bond acceptors (Lipinski definition) is 22. The Bertz CT molecular complexity index is 3020. The summed E-state index contributed by atoms with van der Waals surface area (Å²) >= 11 is 0. The van der Waals surface area contributed by atoms with Crippen LogP contribution in [-0.2, 0) is 83.1 Å². The van der Waals surface area contributed by atoms with E-state index in [1.165, 1.54) is 38.1 Å². The van der Waals surface area contributed by atoms with E-state index in [-0.39, 0.29) is 56.0 Å². The molecule has 0 spiro atoms. The lowest BCUT2D eigenvalue weighted by molar-refractivity contribution is -0.142. The zero-order valence-corrected chi connectivity index (χ0v) is 56.0. The molecule has 1 rings (SSSR count). The minimum absolute atomic E-state index is 0.0392. The van der Waals surface area contributed by atoms with Crippen LogP contribution in [0.15, 0.2) is 29.3 Å². The highest BCUT2D eigenvalue weighted by Crippen LogP contribution is 2.15. The molecule has 560 valence electrons. The van der Waals surface area contributed by atoms with Gasteiger partial charge in [-0.3, -0.25) is 81.7 Å². The number of phenols is 1. The number of benzene rings is 1. The van der Waals surface area contributed by atoms with Gasteiger partial charge < -0.3 is 122 Å². The van der Waals surface area contributed by atoms with Gasteiger partial charge in [-0.15, -0.1) is 0 Å². The van der Waals surface area contributed by atoms with Gasteiger partial charge in [-0.05, 0) is 101 Å². The van der Waals surface area contributed by atoms with Gasteiger partial charge in [0.1, 0.15) is 78.3 Å². The molecular formula is C60H96N16O24. The quantitative estimate of drug-likeness (QED) is 0.0164. The summed E-state index contributed by atoms with van der Waals surface area (Å²) in [6.07, 6.45) is -7.08. The SMILES string of the molecule is CC(C)[C@H](NC(=O)[C@H](Cc1ccc(O)cc1)NC(=O)[C@H](CCC(=O)O)NC(=O)[C@H](CCC(=O)O)NC(=O)[C@H](CCC(=O)O)NC(=O)[C@H](CCC(=O)O)NC(=O)[C@H](CO)NC(=O)[C@H](CCCN=C(N)N)NC(=O)[C@H](CCCCN)NC(=O)[C@@H](NC(=O)[C@@H](N)CO)C(C)C)C(=O)N[C@@H](C)C(=O)O. The van der Waals surface area contributed by atoms with Crippen LogP contribution in [0.25, 0.3) is 0 Å². The molecule has 11 amide bonds. The summed E-state index contributed by atoms with van der Waals surface area (Å²) in [6.45, 7) is 5.32. The number of nitrogens with one attached hydrogen (secondary N) is 11. The van der Waals surface area contributed by atoms with Crippen LogP contribution >= 0.6 is 0 Å². The van der Waals surface area contributed by atoms with Crippen molar-refractivity contribution in [3.8, 4) is 5.75 Å². The van der Waals surface area contributed by atoms with Crippen LogP contribution in [0, 0.1) is 11.8 Å². The first kappa shape index (κ1) is 87.7. The lowest BCUT2D eigenvalue weighted by Crippen LogP contribution is -2.61. The van der Waals surface area contributed by atoms with Crippen LogP contribution in [-0.4, -0.2) is 240 Å². The monoisotopic (exact) mass is 1420 g/mol. The largest absolute Gasteiger partial charge is 0.508 e. The molecule has 0 heterocycles. The van der Waals surface area contributed by atoms with Crippen LogP contribution in [0.1, 0.15) is 124 Å². The summed E-state index contributed by atoms with van der Waals surface area (Å²) in [7, 11) is 0. The Kier molecular flexibility index (Phi) is 39.7. The molecule has 0 aliphatic carbocycles. The van der Waals surface area contributed by atoms with E-state index < -0.39 is 250 Å². The molecule has 0 aliphatic rings. The second-order valence-corrected chi connectivity index (χ2v) is 23.8. The molecule has 12 atom stereocenters. The highest BCUT2D eigenvalue weighted by atomic mass is 16.4. The molecular weight excluding hydrogens is 1330 g/mol. The predicted octanol–water partition coefficient (Wildman–Crippen LogP) is -7.36. The minimum Gasteiger partial charge on any atom is -0.508 e. The Morgan fingerprint density at radius 3 is 1.06 bits per heavy atom. The number of amides is 11. The molecule has 0 saturated heterocycles. The average molecular weight is 1430 g/mol. The van der Waals surface area contributed by atoms with Crippen LogP contribution in [0.2, 0.25) is 0 Å². The van der Waals surface area contributed by atoms with Crippen LogP contribution in [0.3, 0.4) is 0 Å². The van der Waals surface area contributed by atoms with E-state index in [4.69, 9.17) is 22.9 Å². The maximum absolute atomic E-state index is 14.2. The number of carbonyl (C=O) groups is 16. The number of carboxylic acid groups (broad SMARTS) is 5. The molecule has 0 bridgehead atoms. The van der Waals surface area contributed by atoms with Gasteiger partial charge in [-0.1, -0.05) is 39.8 Å². The Balaban J connectivity index is 3.76. The molecule has 0 saturated carbocycles. The van der Waals surface area contributed by atoms with E-state index in [0.717, 1.165) is 6.92 Å². The van der Waals surface area contributed by atoms with E-state index in [1.807, 2.05) is 0 Å². The number of guanidine groups is 1. The third kappa shape index (κ3) is 33.7. The van der Waals surface area contributed by atoms with E-state index in [9.17, 15) is 118 Å². The van der Waals surface area contributed by atoms with Gasteiger partial charge in [0, 0.05) is 38.6 Å². The zero-order chi connectivity index (χ0) is 76.1. The van der Waals surface area contributed by atoms with E-state index in [0.29, 0.717) is 6.42 Å². The van der Waals surface area contributed by atoms with E-state index in [2.05, 4.69) is 63.5 Å². The Labute approximate surface area is 573 Å². The first-order chi connectivity index (χ1) is 46.8. The molecule has 1 aromatic carbocycles. The number of aromatic hydroxyl groups is 1. The molecule has 0 aliphatic heterocycles. The first-order valence-electron chi connectivity index (χ1n) is 31.8. The van der Waals surface area contributed by atoms with Gasteiger partial charge in [0.2, 0.25) is 65.0 Å². The Morgan fingerprint density at radius 1 is 0.400 bits per heavy atom. The van der Waals surface area contributed by atoms with Crippen LogP contribution in [0.4, 0.5) is 0 Å². The number of aliphatic carboxylic acids is 5. The van der Waals surface area contributed by atoms with Crippen molar-refractivity contribution in [2.45, 2.75) is 197 Å². The first-order valence-corrected chi connectivity index (χ1v) is 31.8. The number of phenolic OH excluding ortho intramolecular Hbond substituents is 1. The number of hydrogen-bond donors (Lipinski definition) is 23. The summed E-state index contributed by atoms with van der Waals surface area (Å²) in [5.41, 5.74) is 22.5. The molecule has 1 aromatic rings. The Morgan fingerprint density at radius 2 is 0.720 bits per heavy atom. The van der Waals surface area contributed by atoms with Crippen molar-refractivity contribution < 1.29 is 118 Å². The molecule has 40 heteroatoms. The number of nitrogens with two attached hydrogens (primary N) is 4. The number of aliphatic imine (C=N–C) groups is 1. The zero-order valence-electron chi connectivity index (χ0n) is 56.0. The molecule has 0 aromatic heterocycles. The van der Waals surface area contributed by atoms with Crippen molar-refractivity contribution in [2.75, 3.05) is 26.3 Å². The number of rotatable bonds is 49. The molecule has 100 heavy (non-hydrogen) atoms. The van der Waals surface area contributed by atoms with Gasteiger partial charge in [0.15, 0.2) is 5.96 Å². The fraction of sp³-hybridized carbons (Fsp3) is 0.617. The maximum atomic E-state index is 14.2. The lowest BCUT2D eigenvalue weighted by Gasteiger charge is -2.28. The average Bonchev–Trinajstić information content (AvgIpc) is 0.866. The van der Waals surface area contributed by atoms with Gasteiger partial charge in [0.05, 0.1) is 13.2 Å². The van der Waals surface area contributed by atoms with E-state index in [1.54, 1.807) is 13.8 Å². The normalized spacial score (nSPS) is 14.6. The number of carboxylic acids is 5. The standard InChI is InChI=1S/C60H96N16O24/c1-28(2)46(57(97)66-30(5)59(99)100)76-55(95)40(25-31-11-13-32(79)14-12-31)73-54(94)39(18-22-45(86)87)70-52(92)37(16-20-43(82)83)68-51(91)36(15-19-42(80)81)69-53(93)38(17-21-44(84)85)71-56(96)41(27-78)74-50(90)35(10-8-24-65-60(63)64)67-49(89)34(9-6-7-23-61)72-58(98)47(29(3)4)75-48(88)33(62)26-77/h11-14,28-30,33-41,46-47,77-79H,6-10,15-27,61-62H2,1-5H3,(H,66,97)(H,67,89)(H,68,91)(H,69,93)(H,70,92)(H,71,96)(H,72,98)(H,73,94)(H,74,90)(H,75,88)(H,76,95)(H,80,81)(H,82,83)(H,84,85)(H,86,87)(H,99,100)(H4,63,64,65)/t30-,33-,34-,35-,36-,37-,38-,39-,40-,41-,46-,47-/m0/s1. The lowest BCUT2D eigenvalue weighted by atomic mass is 10.00. The number of nitrogens with zero attached hydrogens (tertiary/aromatic N) is 1. The van der Waals surface area contributed by atoms with Crippen molar-refractivity contribution in [1.29, 1.82) is 0 Å². The molecule has 0 unspecified atom stereocenters. The van der Waals surface area contributed by atoms with Crippen molar-refractivity contribution in [1.82, 2.24) is 58.5 Å². The highest BCUT2D eigenvalue weighted by Gasteiger charge is 2.38. The predicted molar refractivity (Wildman–Crippen MR) is 348 cm³/mol. The topological polar surface area (TPSA) is 684 Å². The fourth-order valence-corrected chi connectivity index (χ4v) is 9.15. The van der Waals surface area contributed by atoms with Crippen LogP contribution < -0.4 is 81.4 Å². The summed E-state index contributed by atoms with van der Waals surface area (Å²) in [5, 5.41) is 103. The van der Waals surface area contributed by atoms with E-state index >= 15 is 0 Å². The molecule has 40 nitrogen and oxygen atoms in total. The van der Waals surface area contributed by atoms with Crippen molar-refractivity contribution in [3.63, 3.8) is 0 Å². The third-order valence-corrected chi connectivity index (χ3v) is 14.9. The number of unbranched alkanes of at least 4 members (excludes halogenated alkanes) is 1. The van der Waals surface area contributed by atoms with Crippen molar-refractivity contribution in [3.05, 3.63) is 29.8 Å². The van der Waals surface area contributed by atoms with Crippen LogP contribution in [0.5, 0.6) is 5.75 Å². The second-order valence-electron chi connectivity index (χ2n) is 23.8. The van der Waals surface area contributed by atoms with Gasteiger partial charge in [-0.2, -0.15) is 0 Å². The number of aliphatic hydroxyl groups is 2. The summed E-state index contributed by atoms with van der Waals surface area (Å²) in [6, 6.07) is -15.2. The number of aliphatic hydroxyl groups excluding tert-OH is 2. The van der Waals surface area contributed by atoms with Gasteiger partial charge in [-0.25, -0.2) is 0 Å². The van der Waals surface area contributed by atoms with Crippen molar-refractivity contribution in [2.24, 2.45) is 39.8 Å². The highest BCUT2D eigenvalue weighted by molar-refractivity contribution is 6.00. The summed E-state index contributed by atoms with van der Waals surface area (Å²) in [4.78, 5) is 216. The van der Waals surface area contributed by atoms with Crippen molar-refractivity contribution >= 4 is 101 Å². The number of carbonyl (C=O) groups excluding carboxylic acids is 11. The van der Waals surface area contributed by atoms with Gasteiger partial charge >= 0.3 is 29.8 Å². The smallest absolute Gasteiger partial charge is 0.325 e. The summed E-state index contributed by atoms with van der Waals surface area (Å²) < 4.78 is 0.